The molecule has 6 nitrogen and oxygen atoms in total. The van der Waals surface area contributed by atoms with E-state index in [0.29, 0.717) is 43.9 Å². The van der Waals surface area contributed by atoms with E-state index in [1.807, 2.05) is 11.0 Å². The number of rotatable bonds is 3. The summed E-state index contributed by atoms with van der Waals surface area (Å²) in [5.41, 5.74) is 1.99. The van der Waals surface area contributed by atoms with E-state index in [0.717, 1.165) is 18.4 Å². The van der Waals surface area contributed by atoms with Crippen LogP contribution in [0, 0.1) is 21.8 Å². The Balaban J connectivity index is 1.48. The number of hydrogen-bond donors (Lipinski definition) is 0. The van der Waals surface area contributed by atoms with Crippen LogP contribution in [0.15, 0.2) is 42.5 Å². The molecule has 2 aliphatic rings. The zero-order valence-corrected chi connectivity index (χ0v) is 15.5. The fraction of sp³-hybridized carbons (Fsp3) is 0.381. The summed E-state index contributed by atoms with van der Waals surface area (Å²) in [4.78, 5) is 27.6. The highest BCUT2D eigenvalue weighted by molar-refractivity contribution is 5.96. The predicted octanol–water partition coefficient (Wildman–Crippen LogP) is 3.93. The number of fused-ring (bicyclic) bond motifs is 1. The summed E-state index contributed by atoms with van der Waals surface area (Å²) in [6, 6.07) is 11.7. The van der Waals surface area contributed by atoms with Gasteiger partial charge in [-0.05, 0) is 43.4 Å². The Kier molecular flexibility index (Phi) is 4.98. The topological polar surface area (TPSA) is 66.7 Å². The molecule has 1 fully saturated rings. The third kappa shape index (κ3) is 3.32. The summed E-state index contributed by atoms with van der Waals surface area (Å²) in [5, 5.41) is 11.3. The standard InChI is InChI=1S/C21H22FN3O3/c22-17-7-3-5-15-6-4-12-24(20(15)17)21(26)16-10-13-23(14-11-16)18-8-1-2-9-19(18)25(27)28/h1-3,5,7-9,16H,4,6,10-14H2. The highest BCUT2D eigenvalue weighted by Crippen LogP contribution is 2.35. The molecule has 0 aromatic heterocycles. The van der Waals surface area contributed by atoms with Gasteiger partial charge in [0.2, 0.25) is 5.91 Å². The van der Waals surface area contributed by atoms with Crippen molar-refractivity contribution in [3.63, 3.8) is 0 Å². The first-order valence-corrected chi connectivity index (χ1v) is 9.63. The van der Waals surface area contributed by atoms with Gasteiger partial charge in [-0.2, -0.15) is 0 Å². The molecule has 0 saturated carbocycles. The van der Waals surface area contributed by atoms with Crippen LogP contribution in [0.25, 0.3) is 0 Å². The van der Waals surface area contributed by atoms with E-state index in [-0.39, 0.29) is 28.3 Å². The fourth-order valence-corrected chi connectivity index (χ4v) is 4.30. The lowest BCUT2D eigenvalue weighted by molar-refractivity contribution is -0.384. The van der Waals surface area contributed by atoms with Crippen molar-refractivity contribution in [3.05, 3.63) is 64.0 Å². The number of nitro benzene ring substituents is 1. The van der Waals surface area contributed by atoms with Gasteiger partial charge in [0.1, 0.15) is 11.5 Å². The molecule has 4 rings (SSSR count). The highest BCUT2D eigenvalue weighted by Gasteiger charge is 2.33. The second-order valence-electron chi connectivity index (χ2n) is 7.35. The van der Waals surface area contributed by atoms with Gasteiger partial charge in [0.05, 0.1) is 10.6 Å². The number of halogens is 1. The number of carbonyl (C=O) groups is 1. The van der Waals surface area contributed by atoms with Crippen molar-refractivity contribution >= 4 is 23.0 Å². The second kappa shape index (κ2) is 7.58. The summed E-state index contributed by atoms with van der Waals surface area (Å²) in [7, 11) is 0. The van der Waals surface area contributed by atoms with E-state index >= 15 is 0 Å². The van der Waals surface area contributed by atoms with Crippen LogP contribution in [-0.4, -0.2) is 30.5 Å². The van der Waals surface area contributed by atoms with Crippen LogP contribution in [0.1, 0.15) is 24.8 Å². The third-order valence-electron chi connectivity index (χ3n) is 5.70. The summed E-state index contributed by atoms with van der Waals surface area (Å²) in [5.74, 6) is -0.569. The van der Waals surface area contributed by atoms with E-state index < -0.39 is 0 Å². The summed E-state index contributed by atoms with van der Waals surface area (Å²) in [6.45, 7) is 1.68. The summed E-state index contributed by atoms with van der Waals surface area (Å²) < 4.78 is 14.4. The number of anilines is 2. The van der Waals surface area contributed by atoms with Crippen LogP contribution in [0.2, 0.25) is 0 Å². The Morgan fingerprint density at radius 2 is 1.82 bits per heavy atom. The zero-order valence-electron chi connectivity index (χ0n) is 15.5. The Hall–Kier alpha value is -2.96. The monoisotopic (exact) mass is 383 g/mol. The van der Waals surface area contributed by atoms with Gasteiger partial charge in [-0.15, -0.1) is 0 Å². The second-order valence-corrected chi connectivity index (χ2v) is 7.35. The number of hydrogen-bond acceptors (Lipinski definition) is 4. The van der Waals surface area contributed by atoms with E-state index in [1.54, 1.807) is 29.2 Å². The minimum Gasteiger partial charge on any atom is -0.366 e. The molecule has 28 heavy (non-hydrogen) atoms. The van der Waals surface area contributed by atoms with Crippen molar-refractivity contribution in [1.82, 2.24) is 0 Å². The predicted molar refractivity (Wildman–Crippen MR) is 105 cm³/mol. The Labute approximate surface area is 162 Å². The maximum absolute atomic E-state index is 14.4. The normalized spacial score (nSPS) is 17.3. The van der Waals surface area contributed by atoms with Gasteiger partial charge < -0.3 is 9.80 Å². The molecular formula is C21H22FN3O3. The number of amides is 1. The SMILES string of the molecule is O=C(C1CCN(c2ccccc2[N+](=O)[O-])CC1)N1CCCc2cccc(F)c21. The minimum atomic E-state index is -0.375. The molecule has 0 N–H and O–H groups in total. The van der Waals surface area contributed by atoms with Gasteiger partial charge >= 0.3 is 0 Å². The van der Waals surface area contributed by atoms with Crippen LogP contribution < -0.4 is 9.80 Å². The van der Waals surface area contributed by atoms with Crippen LogP contribution in [0.4, 0.5) is 21.5 Å². The van der Waals surface area contributed by atoms with Gasteiger partial charge in [0.15, 0.2) is 0 Å². The molecule has 2 aromatic rings. The molecule has 7 heteroatoms. The van der Waals surface area contributed by atoms with Crippen LogP contribution in [0.5, 0.6) is 0 Å². The van der Waals surface area contributed by atoms with Gasteiger partial charge in [-0.3, -0.25) is 14.9 Å². The van der Waals surface area contributed by atoms with Gasteiger partial charge in [0, 0.05) is 31.6 Å². The number of nitrogens with zero attached hydrogens (tertiary/aromatic N) is 3. The molecule has 146 valence electrons. The molecule has 0 radical (unpaired) electrons. The maximum atomic E-state index is 14.4. The number of para-hydroxylation sites is 3. The highest BCUT2D eigenvalue weighted by atomic mass is 19.1. The van der Waals surface area contributed by atoms with E-state index in [9.17, 15) is 19.3 Å². The van der Waals surface area contributed by atoms with Crippen molar-refractivity contribution < 1.29 is 14.1 Å². The Morgan fingerprint density at radius 1 is 1.07 bits per heavy atom. The Morgan fingerprint density at radius 3 is 2.57 bits per heavy atom. The van der Waals surface area contributed by atoms with Gasteiger partial charge in [-0.1, -0.05) is 24.3 Å². The number of nitro groups is 1. The average molecular weight is 383 g/mol. The molecule has 0 spiro atoms. The smallest absolute Gasteiger partial charge is 0.292 e. The minimum absolute atomic E-state index is 0.0340. The number of piperidine rings is 1. The van der Waals surface area contributed by atoms with Crippen molar-refractivity contribution in [2.45, 2.75) is 25.7 Å². The van der Waals surface area contributed by atoms with Crippen LogP contribution in [-0.2, 0) is 11.2 Å². The molecule has 2 heterocycles. The van der Waals surface area contributed by atoms with Crippen LogP contribution in [0.3, 0.4) is 0 Å². The number of benzene rings is 2. The first-order valence-electron chi connectivity index (χ1n) is 9.63. The van der Waals surface area contributed by atoms with Crippen molar-refractivity contribution in [1.29, 1.82) is 0 Å². The number of aryl methyl sites for hydroxylation is 1. The average Bonchev–Trinajstić information content (AvgIpc) is 2.73. The molecule has 2 aliphatic heterocycles. The lowest BCUT2D eigenvalue weighted by Gasteiger charge is -2.37. The van der Waals surface area contributed by atoms with Crippen molar-refractivity contribution in [2.75, 3.05) is 29.4 Å². The molecule has 0 unspecified atom stereocenters. The quantitative estimate of drug-likeness (QED) is 0.595. The lowest BCUT2D eigenvalue weighted by Crippen LogP contribution is -2.45. The van der Waals surface area contributed by atoms with Crippen molar-refractivity contribution in [3.8, 4) is 0 Å². The molecule has 0 bridgehead atoms. The van der Waals surface area contributed by atoms with Crippen LogP contribution >= 0.6 is 0 Å². The maximum Gasteiger partial charge on any atom is 0.292 e. The molecule has 1 saturated heterocycles. The first-order chi connectivity index (χ1) is 13.6. The summed E-state index contributed by atoms with van der Waals surface area (Å²) >= 11 is 0. The van der Waals surface area contributed by atoms with Gasteiger partial charge in [0.25, 0.3) is 5.69 Å². The Bertz CT molecular complexity index is 910. The molecule has 2 aromatic carbocycles. The zero-order chi connectivity index (χ0) is 19.7. The van der Waals surface area contributed by atoms with E-state index in [2.05, 4.69) is 0 Å². The largest absolute Gasteiger partial charge is 0.366 e. The number of carbonyl (C=O) groups excluding carboxylic acids is 1. The van der Waals surface area contributed by atoms with E-state index in [4.69, 9.17) is 0 Å². The molecule has 1 amide bonds. The third-order valence-corrected chi connectivity index (χ3v) is 5.70. The molecule has 0 atom stereocenters. The molecule has 0 aliphatic carbocycles. The molecular weight excluding hydrogens is 361 g/mol. The summed E-state index contributed by atoms with van der Waals surface area (Å²) in [6.07, 6.45) is 2.82. The van der Waals surface area contributed by atoms with Crippen molar-refractivity contribution in [2.24, 2.45) is 5.92 Å². The van der Waals surface area contributed by atoms with E-state index in [1.165, 1.54) is 12.1 Å². The fourth-order valence-electron chi connectivity index (χ4n) is 4.30. The lowest BCUT2D eigenvalue weighted by atomic mass is 9.92. The van der Waals surface area contributed by atoms with Gasteiger partial charge in [-0.25, -0.2) is 4.39 Å². The first kappa shape index (κ1) is 18.4.